The number of anilines is 1. The largest absolute Gasteiger partial charge is 0.463 e. The Hall–Kier alpha value is -2.05. The molecule has 1 spiro atoms. The number of esters is 1. The number of nitrogens with one attached hydrogen (secondary N) is 1. The number of unbranched alkanes of at least 4 members (excludes halogenated alkanes) is 2. The van der Waals surface area contributed by atoms with E-state index in [1.807, 2.05) is 6.92 Å². The summed E-state index contributed by atoms with van der Waals surface area (Å²) >= 11 is 0. The summed E-state index contributed by atoms with van der Waals surface area (Å²) in [5.41, 5.74) is 0.644. The van der Waals surface area contributed by atoms with Crippen LogP contribution in [0.5, 0.6) is 0 Å². The van der Waals surface area contributed by atoms with E-state index in [1.165, 1.54) is 24.3 Å². The summed E-state index contributed by atoms with van der Waals surface area (Å²) in [6.45, 7) is 2.85. The fraction of sp³-hybridized carbons (Fsp3) is 0.625. The molecule has 35 heavy (non-hydrogen) atoms. The van der Waals surface area contributed by atoms with Gasteiger partial charge in [0.05, 0.1) is 31.1 Å². The number of rotatable bonds is 11. The van der Waals surface area contributed by atoms with Crippen LogP contribution in [0.25, 0.3) is 0 Å². The average molecular weight is 516 g/mol. The van der Waals surface area contributed by atoms with Gasteiger partial charge in [0.25, 0.3) is 0 Å². The topological polar surface area (TPSA) is 131 Å². The Kier molecular flexibility index (Phi) is 9.28. The zero-order chi connectivity index (χ0) is 25.6. The maximum Gasteiger partial charge on any atom is 0.335 e. The lowest BCUT2D eigenvalue weighted by atomic mass is 9.94. The van der Waals surface area contributed by atoms with Crippen molar-refractivity contribution in [2.75, 3.05) is 24.5 Å². The molecule has 3 atom stereocenters. The summed E-state index contributed by atoms with van der Waals surface area (Å²) in [5.74, 6) is -2.75. The Morgan fingerprint density at radius 1 is 1.20 bits per heavy atom. The first kappa shape index (κ1) is 27.5. The van der Waals surface area contributed by atoms with Crippen LogP contribution < -0.4 is 4.72 Å². The van der Waals surface area contributed by atoms with Crippen LogP contribution >= 0.6 is 0 Å². The summed E-state index contributed by atoms with van der Waals surface area (Å²) in [5, 5.41) is 17.8. The molecule has 0 saturated carbocycles. The maximum atomic E-state index is 13.9. The summed E-state index contributed by atoms with van der Waals surface area (Å²) < 4.78 is 60.1. The summed E-state index contributed by atoms with van der Waals surface area (Å²) in [4.78, 5) is 12.8. The first-order valence-corrected chi connectivity index (χ1v) is 13.5. The van der Waals surface area contributed by atoms with E-state index in [0.717, 1.165) is 19.3 Å². The van der Waals surface area contributed by atoms with Crippen molar-refractivity contribution >= 4 is 21.7 Å². The van der Waals surface area contributed by atoms with E-state index < -0.39 is 58.3 Å². The van der Waals surface area contributed by atoms with Crippen LogP contribution in [0.2, 0.25) is 0 Å². The van der Waals surface area contributed by atoms with E-state index in [9.17, 15) is 27.8 Å². The van der Waals surface area contributed by atoms with Gasteiger partial charge >= 0.3 is 5.97 Å². The molecule has 9 nitrogen and oxygen atoms in total. The average Bonchev–Trinajstić information content (AvgIpc) is 3.17. The van der Waals surface area contributed by atoms with Gasteiger partial charge in [-0.1, -0.05) is 19.8 Å². The van der Waals surface area contributed by atoms with E-state index in [4.69, 9.17) is 14.2 Å². The van der Waals surface area contributed by atoms with E-state index in [2.05, 4.69) is 4.72 Å². The van der Waals surface area contributed by atoms with Gasteiger partial charge in [-0.3, -0.25) is 4.72 Å². The maximum absolute atomic E-state index is 13.9. The SMILES string of the molecule is CCCCCc1cc(F)ccc1NS(=O)(=O)C1CCC2(C=C1C(=O)OCC)O[C@@H](CO)[C@H](CO)O2. The molecule has 0 bridgehead atoms. The third-order valence-corrected chi connectivity index (χ3v) is 7.95. The number of carbonyl (C=O) groups excluding carboxylic acids is 1. The second-order valence-electron chi connectivity index (χ2n) is 8.74. The normalized spacial score (nSPS) is 23.8. The minimum atomic E-state index is -4.15. The minimum Gasteiger partial charge on any atom is -0.463 e. The van der Waals surface area contributed by atoms with Gasteiger partial charge in [-0.2, -0.15) is 0 Å². The molecule has 0 amide bonds. The third-order valence-electron chi connectivity index (χ3n) is 6.21. The molecular formula is C24H34FNO8S. The van der Waals surface area contributed by atoms with E-state index >= 15 is 0 Å². The molecule has 1 aliphatic heterocycles. The van der Waals surface area contributed by atoms with Crippen LogP contribution in [0.4, 0.5) is 10.1 Å². The van der Waals surface area contributed by atoms with Crippen molar-refractivity contribution in [3.8, 4) is 0 Å². The first-order chi connectivity index (χ1) is 16.7. The molecular weight excluding hydrogens is 481 g/mol. The fourth-order valence-electron chi connectivity index (χ4n) is 4.46. The minimum absolute atomic E-state index is 0.0309. The monoisotopic (exact) mass is 515 g/mol. The van der Waals surface area contributed by atoms with Crippen LogP contribution in [0.3, 0.4) is 0 Å². The second kappa shape index (κ2) is 11.8. The summed E-state index contributed by atoms with van der Waals surface area (Å²) in [6, 6.07) is 3.88. The molecule has 0 aromatic heterocycles. The molecule has 1 aliphatic carbocycles. The van der Waals surface area contributed by atoms with Crippen LogP contribution in [-0.4, -0.2) is 67.7 Å². The smallest absolute Gasteiger partial charge is 0.335 e. The van der Waals surface area contributed by atoms with Crippen LogP contribution in [0.1, 0.15) is 51.5 Å². The zero-order valence-electron chi connectivity index (χ0n) is 20.0. The number of carbonyl (C=O) groups is 1. The molecule has 196 valence electrons. The van der Waals surface area contributed by atoms with Crippen LogP contribution in [0, 0.1) is 5.82 Å². The number of halogens is 1. The highest BCUT2D eigenvalue weighted by molar-refractivity contribution is 7.93. The molecule has 3 N–H and O–H groups in total. The molecule has 1 saturated heterocycles. The molecule has 1 unspecified atom stereocenters. The van der Waals surface area contributed by atoms with Crippen molar-refractivity contribution in [3.05, 3.63) is 41.2 Å². The molecule has 1 aromatic rings. The molecule has 0 radical (unpaired) electrons. The van der Waals surface area contributed by atoms with Gasteiger partial charge in [-0.05, 0) is 56.0 Å². The van der Waals surface area contributed by atoms with Gasteiger partial charge in [0, 0.05) is 6.42 Å². The van der Waals surface area contributed by atoms with Crippen molar-refractivity contribution in [2.24, 2.45) is 0 Å². The van der Waals surface area contributed by atoms with Gasteiger partial charge in [0.15, 0.2) is 5.79 Å². The van der Waals surface area contributed by atoms with Crippen molar-refractivity contribution in [2.45, 2.75) is 75.6 Å². The number of sulfonamides is 1. The highest BCUT2D eigenvalue weighted by Crippen LogP contribution is 2.41. The second-order valence-corrected chi connectivity index (χ2v) is 10.6. The number of ether oxygens (including phenoxy) is 3. The number of hydrogen-bond donors (Lipinski definition) is 3. The van der Waals surface area contributed by atoms with Gasteiger partial charge in [-0.25, -0.2) is 17.6 Å². The molecule has 3 rings (SSSR count). The van der Waals surface area contributed by atoms with Gasteiger partial charge in [-0.15, -0.1) is 0 Å². The number of aliphatic hydroxyl groups excluding tert-OH is 2. The van der Waals surface area contributed by atoms with Gasteiger partial charge < -0.3 is 24.4 Å². The highest BCUT2D eigenvalue weighted by atomic mass is 32.2. The Labute approximate surface area is 205 Å². The number of aliphatic hydroxyl groups is 2. The molecule has 1 fully saturated rings. The molecule has 2 aliphatic rings. The number of hydrogen-bond acceptors (Lipinski definition) is 8. The van der Waals surface area contributed by atoms with Gasteiger partial charge in [0.2, 0.25) is 10.0 Å². The van der Waals surface area contributed by atoms with Crippen molar-refractivity contribution in [1.29, 1.82) is 0 Å². The highest BCUT2D eigenvalue weighted by Gasteiger charge is 2.51. The molecule has 1 heterocycles. The lowest BCUT2D eigenvalue weighted by Gasteiger charge is -2.33. The van der Waals surface area contributed by atoms with Crippen molar-refractivity contribution in [1.82, 2.24) is 0 Å². The van der Waals surface area contributed by atoms with Crippen LogP contribution in [0.15, 0.2) is 29.8 Å². The lowest BCUT2D eigenvalue weighted by molar-refractivity contribution is -0.154. The first-order valence-electron chi connectivity index (χ1n) is 12.0. The molecule has 1 aromatic carbocycles. The quantitative estimate of drug-likeness (QED) is 0.303. The predicted molar refractivity (Wildman–Crippen MR) is 127 cm³/mol. The molecule has 11 heteroatoms. The summed E-state index contributed by atoms with van der Waals surface area (Å²) in [6.07, 6.45) is 2.84. The predicted octanol–water partition coefficient (Wildman–Crippen LogP) is 2.42. The number of aryl methyl sites for hydroxylation is 1. The Morgan fingerprint density at radius 2 is 1.89 bits per heavy atom. The third kappa shape index (κ3) is 6.39. The Morgan fingerprint density at radius 3 is 2.49 bits per heavy atom. The lowest BCUT2D eigenvalue weighted by Crippen LogP contribution is -2.43. The Balaban J connectivity index is 1.92. The van der Waals surface area contributed by atoms with E-state index in [1.54, 1.807) is 6.92 Å². The van der Waals surface area contributed by atoms with Crippen molar-refractivity contribution in [3.63, 3.8) is 0 Å². The summed E-state index contributed by atoms with van der Waals surface area (Å²) in [7, 11) is -4.15. The standard InChI is InChI=1S/C24H34FNO8S/c1-3-5-6-7-16-12-17(25)8-9-19(16)26-35(30,31)22-10-11-24(13-18(22)23(29)32-4-2)33-20(14-27)21(15-28)34-24/h8-9,12-13,20-22,26-28H,3-7,10-11,14-15H2,1-2H3/t20-,21-,22?/m0/s1. The van der Waals surface area contributed by atoms with Gasteiger partial charge in [0.1, 0.15) is 23.3 Å². The fourth-order valence-corrected chi connectivity index (χ4v) is 6.04. The zero-order valence-corrected chi connectivity index (χ0v) is 20.9. The van der Waals surface area contributed by atoms with E-state index in [-0.39, 0.29) is 30.7 Å². The number of benzene rings is 1. The van der Waals surface area contributed by atoms with Crippen LogP contribution in [-0.2, 0) is 35.4 Å². The Bertz CT molecular complexity index is 1020. The van der Waals surface area contributed by atoms with E-state index in [0.29, 0.717) is 12.0 Å². The van der Waals surface area contributed by atoms with Crippen molar-refractivity contribution < 1.29 is 42.0 Å².